The van der Waals surface area contributed by atoms with Gasteiger partial charge in [0, 0.05) is 24.5 Å². The molecule has 0 amide bonds. The Labute approximate surface area is 170 Å². The SMILES string of the molecule is c1ccc(Cn2cccn2)c(CNC23CC4CC(C2)CC(n2ncnn2)(C4)C3)c1. The van der Waals surface area contributed by atoms with Crippen molar-refractivity contribution < 1.29 is 0 Å². The maximum absolute atomic E-state index is 4.47. The third-order valence-corrected chi connectivity index (χ3v) is 7.47. The van der Waals surface area contributed by atoms with Gasteiger partial charge < -0.3 is 5.32 Å². The van der Waals surface area contributed by atoms with E-state index in [-0.39, 0.29) is 11.1 Å². The summed E-state index contributed by atoms with van der Waals surface area (Å²) in [7, 11) is 0. The Bertz CT molecular complexity index is 965. The lowest BCUT2D eigenvalue weighted by Gasteiger charge is -2.61. The first-order chi connectivity index (χ1) is 14.2. The molecule has 2 unspecified atom stereocenters. The highest BCUT2D eigenvalue weighted by Gasteiger charge is 2.59. The number of hydrogen-bond donors (Lipinski definition) is 1. The van der Waals surface area contributed by atoms with E-state index in [1.54, 1.807) is 6.33 Å². The van der Waals surface area contributed by atoms with Crippen LogP contribution in [0.3, 0.4) is 0 Å². The normalized spacial score (nSPS) is 32.7. The maximum atomic E-state index is 4.47. The van der Waals surface area contributed by atoms with E-state index in [0.29, 0.717) is 0 Å². The average molecular weight is 390 g/mol. The lowest BCUT2D eigenvalue weighted by atomic mass is 9.50. The Morgan fingerprint density at radius 3 is 2.55 bits per heavy atom. The molecular weight excluding hydrogens is 362 g/mol. The van der Waals surface area contributed by atoms with Crippen molar-refractivity contribution in [3.8, 4) is 0 Å². The Balaban J connectivity index is 1.25. The molecule has 7 heteroatoms. The molecule has 2 atom stereocenters. The van der Waals surface area contributed by atoms with Crippen LogP contribution < -0.4 is 5.32 Å². The second kappa shape index (κ2) is 6.49. The maximum Gasteiger partial charge on any atom is 0.162 e. The first kappa shape index (κ1) is 17.3. The van der Waals surface area contributed by atoms with Gasteiger partial charge in [-0.1, -0.05) is 24.3 Å². The summed E-state index contributed by atoms with van der Waals surface area (Å²) in [5.41, 5.74) is 2.95. The van der Waals surface area contributed by atoms with E-state index in [2.05, 4.69) is 50.1 Å². The van der Waals surface area contributed by atoms with Crippen molar-refractivity contribution in [3.63, 3.8) is 0 Å². The van der Waals surface area contributed by atoms with Crippen molar-refractivity contribution in [1.29, 1.82) is 0 Å². The van der Waals surface area contributed by atoms with Crippen LogP contribution in [0.2, 0.25) is 0 Å². The third-order valence-electron chi connectivity index (χ3n) is 7.47. The number of nitrogens with zero attached hydrogens (tertiary/aromatic N) is 6. The molecule has 0 radical (unpaired) electrons. The quantitative estimate of drug-likeness (QED) is 0.702. The van der Waals surface area contributed by atoms with Gasteiger partial charge in [-0.05, 0) is 72.8 Å². The van der Waals surface area contributed by atoms with Crippen LogP contribution in [-0.2, 0) is 18.6 Å². The van der Waals surface area contributed by atoms with Gasteiger partial charge in [-0.3, -0.25) is 4.68 Å². The van der Waals surface area contributed by atoms with E-state index < -0.39 is 0 Å². The number of nitrogens with one attached hydrogen (secondary N) is 1. The molecule has 1 N–H and O–H groups in total. The van der Waals surface area contributed by atoms with Crippen molar-refractivity contribution in [3.05, 3.63) is 60.2 Å². The molecular formula is C22H27N7. The highest BCUT2D eigenvalue weighted by Crippen LogP contribution is 2.60. The molecule has 29 heavy (non-hydrogen) atoms. The Kier molecular flexibility index (Phi) is 3.88. The minimum Gasteiger partial charge on any atom is -0.307 e. The standard InChI is InChI=1S/C22H27N7/c1-2-5-20(14-28-7-3-6-25-28)19(4-1)13-23-21-9-17-8-18(10-21)12-22(11-17,15-21)29-26-16-24-27-29/h1-7,16-18,23H,8-15H2. The molecule has 1 aromatic carbocycles. The fourth-order valence-corrected chi connectivity index (χ4v) is 6.77. The number of aromatic nitrogens is 6. The number of rotatable bonds is 6. The van der Waals surface area contributed by atoms with E-state index >= 15 is 0 Å². The zero-order chi connectivity index (χ0) is 19.3. The first-order valence-electron chi connectivity index (χ1n) is 10.7. The summed E-state index contributed by atoms with van der Waals surface area (Å²) in [4.78, 5) is 1.94. The van der Waals surface area contributed by atoms with Gasteiger partial charge in [0.25, 0.3) is 0 Å². The summed E-state index contributed by atoms with van der Waals surface area (Å²) in [5.74, 6) is 1.54. The Morgan fingerprint density at radius 1 is 1.00 bits per heavy atom. The van der Waals surface area contributed by atoms with Gasteiger partial charge >= 0.3 is 0 Å². The molecule has 4 bridgehead atoms. The van der Waals surface area contributed by atoms with E-state index in [1.807, 2.05) is 27.9 Å². The molecule has 7 rings (SSSR count). The second-order valence-electron chi connectivity index (χ2n) is 9.52. The second-order valence-corrected chi connectivity index (χ2v) is 9.52. The highest BCUT2D eigenvalue weighted by molar-refractivity contribution is 5.28. The minimum atomic E-state index is 0.0577. The number of tetrazole rings is 1. The van der Waals surface area contributed by atoms with Gasteiger partial charge in [0.1, 0.15) is 0 Å². The van der Waals surface area contributed by atoms with Crippen molar-refractivity contribution >= 4 is 0 Å². The van der Waals surface area contributed by atoms with E-state index in [0.717, 1.165) is 31.3 Å². The van der Waals surface area contributed by atoms with Crippen molar-refractivity contribution in [2.45, 2.75) is 62.7 Å². The van der Waals surface area contributed by atoms with Crippen molar-refractivity contribution in [2.75, 3.05) is 0 Å². The molecule has 150 valence electrons. The molecule has 4 aliphatic rings. The van der Waals surface area contributed by atoms with Gasteiger partial charge in [-0.2, -0.15) is 9.90 Å². The van der Waals surface area contributed by atoms with Crippen molar-refractivity contribution in [2.24, 2.45) is 11.8 Å². The highest BCUT2D eigenvalue weighted by atomic mass is 15.6. The van der Waals surface area contributed by atoms with Gasteiger partial charge in [0.15, 0.2) is 6.33 Å². The molecule has 0 saturated heterocycles. The van der Waals surface area contributed by atoms with Crippen LogP contribution in [0.15, 0.2) is 49.1 Å². The van der Waals surface area contributed by atoms with Crippen LogP contribution in [0.5, 0.6) is 0 Å². The lowest BCUT2D eigenvalue weighted by molar-refractivity contribution is -0.0854. The summed E-state index contributed by atoms with van der Waals surface area (Å²) in [6.45, 7) is 1.72. The van der Waals surface area contributed by atoms with Crippen LogP contribution in [-0.4, -0.2) is 35.5 Å². The summed E-state index contributed by atoms with van der Waals surface area (Å²) in [6.07, 6.45) is 12.9. The topological polar surface area (TPSA) is 73.5 Å². The summed E-state index contributed by atoms with van der Waals surface area (Å²) in [6, 6.07) is 10.7. The molecule has 0 aliphatic heterocycles. The van der Waals surface area contributed by atoms with Crippen LogP contribution >= 0.6 is 0 Å². The van der Waals surface area contributed by atoms with Gasteiger partial charge in [-0.15, -0.1) is 10.2 Å². The Hall–Kier alpha value is -2.54. The average Bonchev–Trinajstić information content (AvgIpc) is 3.41. The minimum absolute atomic E-state index is 0.0577. The predicted octanol–water partition coefficient (Wildman–Crippen LogP) is 2.76. The van der Waals surface area contributed by atoms with Crippen molar-refractivity contribution in [1.82, 2.24) is 35.3 Å². The molecule has 3 aromatic rings. The molecule has 7 nitrogen and oxygen atoms in total. The molecule has 2 aromatic heterocycles. The van der Waals surface area contributed by atoms with Gasteiger partial charge in [0.05, 0.1) is 12.1 Å². The summed E-state index contributed by atoms with van der Waals surface area (Å²) >= 11 is 0. The summed E-state index contributed by atoms with van der Waals surface area (Å²) in [5, 5.41) is 21.2. The van der Waals surface area contributed by atoms with Crippen LogP contribution in [0.25, 0.3) is 0 Å². The van der Waals surface area contributed by atoms with Crippen LogP contribution in [0.4, 0.5) is 0 Å². The van der Waals surface area contributed by atoms with E-state index in [1.165, 1.54) is 43.2 Å². The predicted molar refractivity (Wildman–Crippen MR) is 108 cm³/mol. The smallest absolute Gasteiger partial charge is 0.162 e. The first-order valence-corrected chi connectivity index (χ1v) is 10.7. The van der Waals surface area contributed by atoms with E-state index in [4.69, 9.17) is 0 Å². The monoisotopic (exact) mass is 389 g/mol. The third kappa shape index (κ3) is 2.99. The lowest BCUT2D eigenvalue weighted by Crippen LogP contribution is -2.65. The number of benzene rings is 1. The molecule has 4 saturated carbocycles. The Morgan fingerprint density at radius 2 is 1.83 bits per heavy atom. The van der Waals surface area contributed by atoms with Crippen LogP contribution in [0.1, 0.15) is 49.7 Å². The number of hydrogen-bond acceptors (Lipinski definition) is 5. The molecule has 0 spiro atoms. The largest absolute Gasteiger partial charge is 0.307 e. The van der Waals surface area contributed by atoms with E-state index in [9.17, 15) is 0 Å². The zero-order valence-corrected chi connectivity index (χ0v) is 16.6. The van der Waals surface area contributed by atoms with Crippen LogP contribution in [0, 0.1) is 11.8 Å². The molecule has 2 heterocycles. The molecule has 4 fully saturated rings. The van der Waals surface area contributed by atoms with Gasteiger partial charge in [0.2, 0.25) is 0 Å². The summed E-state index contributed by atoms with van der Waals surface area (Å²) < 4.78 is 1.99. The van der Waals surface area contributed by atoms with Gasteiger partial charge in [-0.25, -0.2) is 0 Å². The fourth-order valence-electron chi connectivity index (χ4n) is 6.77. The molecule has 4 aliphatic carbocycles. The fraction of sp³-hybridized carbons (Fsp3) is 0.545. The zero-order valence-electron chi connectivity index (χ0n) is 16.6.